The van der Waals surface area contributed by atoms with Crippen LogP contribution >= 0.6 is 11.6 Å². The van der Waals surface area contributed by atoms with Crippen LogP contribution < -0.4 is 5.73 Å². The third kappa shape index (κ3) is 2.43. The van der Waals surface area contributed by atoms with Crippen LogP contribution in [0.2, 0.25) is 5.02 Å². The predicted octanol–water partition coefficient (Wildman–Crippen LogP) is 3.05. The van der Waals surface area contributed by atoms with Crippen LogP contribution in [0.3, 0.4) is 0 Å². The molecule has 0 unspecified atom stereocenters. The van der Waals surface area contributed by atoms with Gasteiger partial charge in [0, 0.05) is 24.5 Å². The molecule has 2 aromatic heterocycles. The third-order valence-electron chi connectivity index (χ3n) is 3.02. The van der Waals surface area contributed by atoms with E-state index in [1.165, 1.54) is 0 Å². The minimum Gasteiger partial charge on any atom is -0.326 e. The molecule has 0 bridgehead atoms. The minimum absolute atomic E-state index is 0.418. The molecule has 0 atom stereocenters. The zero-order valence-electron chi connectivity index (χ0n) is 10.7. The van der Waals surface area contributed by atoms with Crippen molar-refractivity contribution in [2.24, 2.45) is 5.73 Å². The summed E-state index contributed by atoms with van der Waals surface area (Å²) < 4.78 is 1.67. The molecule has 0 aliphatic heterocycles. The van der Waals surface area contributed by atoms with Crippen LogP contribution in [0, 0.1) is 0 Å². The van der Waals surface area contributed by atoms with E-state index in [0.29, 0.717) is 17.4 Å². The Bertz CT molecular complexity index is 722. The number of halogens is 1. The van der Waals surface area contributed by atoms with Gasteiger partial charge in [-0.1, -0.05) is 41.9 Å². The highest BCUT2D eigenvalue weighted by atomic mass is 35.5. The zero-order valence-corrected chi connectivity index (χ0v) is 11.5. The zero-order chi connectivity index (χ0) is 13.9. The first-order valence-corrected chi connectivity index (χ1v) is 6.60. The summed E-state index contributed by atoms with van der Waals surface area (Å²) >= 11 is 6.22. The Kier molecular flexibility index (Phi) is 3.50. The SMILES string of the molecule is NCc1cnc(-n2cc(-c3ccccc3)cn2)c(Cl)c1. The highest BCUT2D eigenvalue weighted by Crippen LogP contribution is 2.22. The average molecular weight is 285 g/mol. The van der Waals surface area contributed by atoms with Gasteiger partial charge in [0.1, 0.15) is 0 Å². The summed E-state index contributed by atoms with van der Waals surface area (Å²) in [5, 5.41) is 4.86. The molecular formula is C15H13ClN4. The number of hydrogen-bond acceptors (Lipinski definition) is 3. The monoisotopic (exact) mass is 284 g/mol. The molecular weight excluding hydrogens is 272 g/mol. The number of pyridine rings is 1. The second kappa shape index (κ2) is 5.45. The van der Waals surface area contributed by atoms with E-state index in [0.717, 1.165) is 16.7 Å². The van der Waals surface area contributed by atoms with Crippen LogP contribution in [0.1, 0.15) is 5.56 Å². The topological polar surface area (TPSA) is 56.7 Å². The van der Waals surface area contributed by atoms with Crippen LogP contribution in [0.15, 0.2) is 55.0 Å². The lowest BCUT2D eigenvalue weighted by Crippen LogP contribution is -2.02. The summed E-state index contributed by atoms with van der Waals surface area (Å²) in [5.41, 5.74) is 8.59. The molecule has 0 spiro atoms. The van der Waals surface area contributed by atoms with Gasteiger partial charge in [0.25, 0.3) is 0 Å². The van der Waals surface area contributed by atoms with E-state index in [2.05, 4.69) is 10.1 Å². The van der Waals surface area contributed by atoms with E-state index in [1.54, 1.807) is 17.1 Å². The molecule has 3 aromatic rings. The lowest BCUT2D eigenvalue weighted by atomic mass is 10.1. The normalized spacial score (nSPS) is 10.7. The Morgan fingerprint density at radius 3 is 2.60 bits per heavy atom. The smallest absolute Gasteiger partial charge is 0.172 e. The molecule has 0 fully saturated rings. The van der Waals surface area contributed by atoms with Crippen LogP contribution in [0.4, 0.5) is 0 Å². The predicted molar refractivity (Wildman–Crippen MR) is 79.7 cm³/mol. The summed E-state index contributed by atoms with van der Waals surface area (Å²) in [5.74, 6) is 0.603. The van der Waals surface area contributed by atoms with Crippen LogP contribution in [0.5, 0.6) is 0 Å². The molecule has 0 radical (unpaired) electrons. The molecule has 3 rings (SSSR count). The van der Waals surface area contributed by atoms with Crippen LogP contribution in [0.25, 0.3) is 16.9 Å². The Hall–Kier alpha value is -2.17. The van der Waals surface area contributed by atoms with Gasteiger partial charge in [-0.3, -0.25) is 0 Å². The molecule has 5 heteroatoms. The third-order valence-corrected chi connectivity index (χ3v) is 3.30. The van der Waals surface area contributed by atoms with Gasteiger partial charge in [-0.2, -0.15) is 5.10 Å². The summed E-state index contributed by atoms with van der Waals surface area (Å²) in [4.78, 5) is 4.31. The summed E-state index contributed by atoms with van der Waals surface area (Å²) in [6, 6.07) is 11.9. The molecule has 0 amide bonds. The van der Waals surface area contributed by atoms with Crippen molar-refractivity contribution in [1.29, 1.82) is 0 Å². The highest BCUT2D eigenvalue weighted by Gasteiger charge is 2.08. The molecule has 0 aliphatic carbocycles. The largest absolute Gasteiger partial charge is 0.326 e. The van der Waals surface area contributed by atoms with E-state index >= 15 is 0 Å². The number of hydrogen-bond donors (Lipinski definition) is 1. The molecule has 0 saturated carbocycles. The molecule has 2 N–H and O–H groups in total. The van der Waals surface area contributed by atoms with Gasteiger partial charge in [0.2, 0.25) is 0 Å². The van der Waals surface area contributed by atoms with Crippen molar-refractivity contribution >= 4 is 11.6 Å². The van der Waals surface area contributed by atoms with Gasteiger partial charge in [0.15, 0.2) is 5.82 Å². The summed E-state index contributed by atoms with van der Waals surface area (Å²) in [7, 11) is 0. The molecule has 2 heterocycles. The fourth-order valence-electron chi connectivity index (χ4n) is 1.97. The summed E-state index contributed by atoms with van der Waals surface area (Å²) in [6.07, 6.45) is 5.42. The van der Waals surface area contributed by atoms with Gasteiger partial charge < -0.3 is 5.73 Å². The highest BCUT2D eigenvalue weighted by molar-refractivity contribution is 6.32. The maximum Gasteiger partial charge on any atom is 0.172 e. The Labute approximate surface area is 121 Å². The van der Waals surface area contributed by atoms with Gasteiger partial charge in [-0.15, -0.1) is 0 Å². The van der Waals surface area contributed by atoms with Crippen LogP contribution in [-0.2, 0) is 6.54 Å². The van der Waals surface area contributed by atoms with Crippen molar-refractivity contribution in [3.05, 3.63) is 65.6 Å². The molecule has 20 heavy (non-hydrogen) atoms. The fourth-order valence-corrected chi connectivity index (χ4v) is 2.24. The lowest BCUT2D eigenvalue weighted by molar-refractivity contribution is 0.843. The lowest BCUT2D eigenvalue weighted by Gasteiger charge is -2.04. The first kappa shape index (κ1) is 12.8. The Morgan fingerprint density at radius 2 is 1.90 bits per heavy atom. The molecule has 0 aliphatic rings. The van der Waals surface area contributed by atoms with Crippen molar-refractivity contribution in [2.45, 2.75) is 6.54 Å². The molecule has 100 valence electrons. The van der Waals surface area contributed by atoms with Crippen molar-refractivity contribution in [2.75, 3.05) is 0 Å². The maximum atomic E-state index is 6.22. The van der Waals surface area contributed by atoms with E-state index in [1.807, 2.05) is 42.6 Å². The Balaban J connectivity index is 1.98. The maximum absolute atomic E-state index is 6.22. The van der Waals surface area contributed by atoms with E-state index in [4.69, 9.17) is 17.3 Å². The number of aromatic nitrogens is 3. The van der Waals surface area contributed by atoms with Crippen molar-refractivity contribution in [1.82, 2.24) is 14.8 Å². The fraction of sp³-hybridized carbons (Fsp3) is 0.0667. The van der Waals surface area contributed by atoms with Gasteiger partial charge in [0.05, 0.1) is 11.2 Å². The van der Waals surface area contributed by atoms with Gasteiger partial charge >= 0.3 is 0 Å². The molecule has 4 nitrogen and oxygen atoms in total. The number of nitrogens with two attached hydrogens (primary N) is 1. The second-order valence-electron chi connectivity index (χ2n) is 4.39. The van der Waals surface area contributed by atoms with Crippen molar-refractivity contribution < 1.29 is 0 Å². The average Bonchev–Trinajstić information content (AvgIpc) is 2.97. The first-order valence-electron chi connectivity index (χ1n) is 6.23. The number of benzene rings is 1. The Morgan fingerprint density at radius 1 is 1.10 bits per heavy atom. The van der Waals surface area contributed by atoms with Crippen molar-refractivity contribution in [3.8, 4) is 16.9 Å². The number of rotatable bonds is 3. The number of nitrogens with zero attached hydrogens (tertiary/aromatic N) is 3. The van der Waals surface area contributed by atoms with Crippen molar-refractivity contribution in [3.63, 3.8) is 0 Å². The van der Waals surface area contributed by atoms with Gasteiger partial charge in [-0.25, -0.2) is 9.67 Å². The molecule has 0 saturated heterocycles. The van der Waals surface area contributed by atoms with E-state index < -0.39 is 0 Å². The first-order chi connectivity index (χ1) is 9.78. The molecule has 1 aromatic carbocycles. The van der Waals surface area contributed by atoms with E-state index in [9.17, 15) is 0 Å². The minimum atomic E-state index is 0.418. The van der Waals surface area contributed by atoms with E-state index in [-0.39, 0.29) is 0 Å². The summed E-state index contributed by atoms with van der Waals surface area (Å²) in [6.45, 7) is 0.418. The van der Waals surface area contributed by atoms with Gasteiger partial charge in [-0.05, 0) is 17.2 Å². The standard InChI is InChI=1S/C15H13ClN4/c16-14-6-11(7-17)8-18-15(14)20-10-13(9-19-20)12-4-2-1-3-5-12/h1-6,8-10H,7,17H2. The quantitative estimate of drug-likeness (QED) is 0.804. The van der Waals surface area contributed by atoms with Crippen LogP contribution in [-0.4, -0.2) is 14.8 Å². The second-order valence-corrected chi connectivity index (χ2v) is 4.80.